The highest BCUT2D eigenvalue weighted by molar-refractivity contribution is 6.30. The molecular formula is C22H24ClN3O3. The van der Waals surface area contributed by atoms with Crippen LogP contribution >= 0.6 is 11.6 Å². The first kappa shape index (κ1) is 19.9. The molecule has 0 bridgehead atoms. The molecule has 2 aromatic rings. The average Bonchev–Trinajstić information content (AvgIpc) is 3.13. The minimum Gasteiger partial charge on any atom is -0.379 e. The van der Waals surface area contributed by atoms with Crippen molar-refractivity contribution in [3.05, 3.63) is 59.1 Å². The van der Waals surface area contributed by atoms with Crippen molar-refractivity contribution in [2.75, 3.05) is 43.1 Å². The summed E-state index contributed by atoms with van der Waals surface area (Å²) in [6.07, 6.45) is 0.212. The molecule has 0 saturated carbocycles. The number of anilines is 2. The van der Waals surface area contributed by atoms with E-state index in [1.54, 1.807) is 29.2 Å². The maximum absolute atomic E-state index is 12.7. The van der Waals surface area contributed by atoms with E-state index in [1.165, 1.54) is 5.56 Å². The lowest BCUT2D eigenvalue weighted by Crippen LogP contribution is -2.35. The van der Waals surface area contributed by atoms with Crippen molar-refractivity contribution in [1.29, 1.82) is 0 Å². The third kappa shape index (κ3) is 4.96. The second-order valence-corrected chi connectivity index (χ2v) is 7.89. The summed E-state index contributed by atoms with van der Waals surface area (Å²) in [4.78, 5) is 29.0. The molecule has 1 unspecified atom stereocenters. The number of amides is 2. The highest BCUT2D eigenvalue weighted by Crippen LogP contribution is 2.27. The van der Waals surface area contributed by atoms with Crippen molar-refractivity contribution < 1.29 is 14.3 Å². The Bertz CT molecular complexity index is 864. The third-order valence-electron chi connectivity index (χ3n) is 5.37. The summed E-state index contributed by atoms with van der Waals surface area (Å²) in [5.41, 5.74) is 2.72. The first-order valence-electron chi connectivity index (χ1n) is 9.84. The zero-order valence-corrected chi connectivity index (χ0v) is 16.9. The summed E-state index contributed by atoms with van der Waals surface area (Å²) >= 11 is 5.91. The van der Waals surface area contributed by atoms with Crippen LogP contribution in [0, 0.1) is 5.92 Å². The summed E-state index contributed by atoms with van der Waals surface area (Å²) < 4.78 is 5.38. The molecule has 2 aliphatic rings. The first-order valence-corrected chi connectivity index (χ1v) is 10.2. The summed E-state index contributed by atoms with van der Waals surface area (Å²) in [6, 6.07) is 15.0. The molecule has 1 atom stereocenters. The third-order valence-corrected chi connectivity index (χ3v) is 5.62. The summed E-state index contributed by atoms with van der Waals surface area (Å²) in [7, 11) is 0. The lowest BCUT2D eigenvalue weighted by molar-refractivity contribution is -0.122. The van der Waals surface area contributed by atoms with Gasteiger partial charge in [-0.2, -0.15) is 0 Å². The van der Waals surface area contributed by atoms with Gasteiger partial charge in [-0.15, -0.1) is 0 Å². The molecule has 7 heteroatoms. The van der Waals surface area contributed by atoms with Crippen LogP contribution in [-0.4, -0.2) is 49.6 Å². The minimum atomic E-state index is -0.369. The van der Waals surface area contributed by atoms with Crippen LogP contribution in [0.3, 0.4) is 0 Å². The van der Waals surface area contributed by atoms with Gasteiger partial charge in [-0.25, -0.2) is 0 Å². The Morgan fingerprint density at radius 3 is 2.45 bits per heavy atom. The van der Waals surface area contributed by atoms with Crippen LogP contribution in [0.1, 0.15) is 12.0 Å². The van der Waals surface area contributed by atoms with Crippen LogP contribution in [0.2, 0.25) is 5.02 Å². The number of carbonyl (C=O) groups is 2. The Morgan fingerprint density at radius 2 is 1.76 bits per heavy atom. The number of nitrogens with one attached hydrogen (secondary N) is 1. The van der Waals surface area contributed by atoms with Crippen molar-refractivity contribution in [3.8, 4) is 0 Å². The van der Waals surface area contributed by atoms with Gasteiger partial charge in [-0.1, -0.05) is 23.7 Å². The summed E-state index contributed by atoms with van der Waals surface area (Å²) in [6.45, 7) is 4.70. The van der Waals surface area contributed by atoms with Crippen LogP contribution in [0.15, 0.2) is 48.5 Å². The maximum atomic E-state index is 12.7. The molecule has 2 amide bonds. The average molecular weight is 414 g/mol. The van der Waals surface area contributed by atoms with Gasteiger partial charge < -0.3 is 15.0 Å². The van der Waals surface area contributed by atoms with Gasteiger partial charge in [0.25, 0.3) is 0 Å². The molecule has 0 aliphatic carbocycles. The molecular weight excluding hydrogens is 390 g/mol. The monoisotopic (exact) mass is 413 g/mol. The second-order valence-electron chi connectivity index (χ2n) is 7.46. The maximum Gasteiger partial charge on any atom is 0.229 e. The van der Waals surface area contributed by atoms with E-state index >= 15 is 0 Å². The Hall–Kier alpha value is -2.41. The smallest absolute Gasteiger partial charge is 0.229 e. The van der Waals surface area contributed by atoms with Gasteiger partial charge in [-0.3, -0.25) is 14.5 Å². The predicted octanol–water partition coefficient (Wildman–Crippen LogP) is 3.16. The van der Waals surface area contributed by atoms with Crippen molar-refractivity contribution in [1.82, 2.24) is 4.90 Å². The van der Waals surface area contributed by atoms with Crippen molar-refractivity contribution in [2.45, 2.75) is 13.0 Å². The van der Waals surface area contributed by atoms with E-state index in [4.69, 9.17) is 16.3 Å². The number of carbonyl (C=O) groups excluding carboxylic acids is 2. The Balaban J connectivity index is 1.33. The molecule has 2 aromatic carbocycles. The quantitative estimate of drug-likeness (QED) is 0.817. The predicted molar refractivity (Wildman–Crippen MR) is 113 cm³/mol. The van der Waals surface area contributed by atoms with Crippen LogP contribution in [0.4, 0.5) is 11.4 Å². The van der Waals surface area contributed by atoms with Gasteiger partial charge >= 0.3 is 0 Å². The van der Waals surface area contributed by atoms with Gasteiger partial charge in [0.15, 0.2) is 0 Å². The van der Waals surface area contributed by atoms with Crippen molar-refractivity contribution in [3.63, 3.8) is 0 Å². The molecule has 2 aliphatic heterocycles. The molecule has 2 fully saturated rings. The second kappa shape index (κ2) is 8.95. The van der Waals surface area contributed by atoms with Crippen LogP contribution < -0.4 is 10.2 Å². The highest BCUT2D eigenvalue weighted by Gasteiger charge is 2.35. The van der Waals surface area contributed by atoms with E-state index in [2.05, 4.69) is 10.2 Å². The first-order chi connectivity index (χ1) is 14.1. The van der Waals surface area contributed by atoms with Crippen LogP contribution in [0.25, 0.3) is 0 Å². The normalized spacial score (nSPS) is 20.1. The van der Waals surface area contributed by atoms with Gasteiger partial charge in [0.2, 0.25) is 11.8 Å². The summed E-state index contributed by atoms with van der Waals surface area (Å²) in [5, 5.41) is 3.56. The molecule has 29 heavy (non-hydrogen) atoms. The molecule has 6 nitrogen and oxygen atoms in total. The van der Waals surface area contributed by atoms with Gasteiger partial charge in [-0.05, 0) is 42.0 Å². The van der Waals surface area contributed by atoms with E-state index in [0.717, 1.165) is 44.2 Å². The lowest BCUT2D eigenvalue weighted by atomic mass is 10.1. The van der Waals surface area contributed by atoms with Gasteiger partial charge in [0.1, 0.15) is 0 Å². The fourth-order valence-corrected chi connectivity index (χ4v) is 3.84. The Kier molecular flexibility index (Phi) is 6.13. The number of nitrogens with zero attached hydrogens (tertiary/aromatic N) is 2. The van der Waals surface area contributed by atoms with Crippen molar-refractivity contribution >= 4 is 34.8 Å². The Labute approximate surface area is 175 Å². The van der Waals surface area contributed by atoms with E-state index in [-0.39, 0.29) is 24.2 Å². The molecule has 152 valence electrons. The number of benzene rings is 2. The fourth-order valence-electron chi connectivity index (χ4n) is 3.71. The highest BCUT2D eigenvalue weighted by atomic mass is 35.5. The zero-order valence-electron chi connectivity index (χ0n) is 16.1. The number of rotatable bonds is 5. The van der Waals surface area contributed by atoms with Crippen LogP contribution in [-0.2, 0) is 20.9 Å². The fraction of sp³-hybridized carbons (Fsp3) is 0.364. The number of morpholine rings is 1. The SMILES string of the molecule is O=C(Nc1ccc(CN2CCOCC2)cc1)C1CC(=O)N(c2ccc(Cl)cc2)C1. The van der Waals surface area contributed by atoms with E-state index in [1.807, 2.05) is 24.3 Å². The Morgan fingerprint density at radius 1 is 1.07 bits per heavy atom. The number of halogens is 1. The topological polar surface area (TPSA) is 61.9 Å². The van der Waals surface area contributed by atoms with Gasteiger partial charge in [0.05, 0.1) is 19.1 Å². The molecule has 2 heterocycles. The largest absolute Gasteiger partial charge is 0.379 e. The molecule has 0 radical (unpaired) electrons. The van der Waals surface area contributed by atoms with Crippen LogP contribution in [0.5, 0.6) is 0 Å². The molecule has 4 rings (SSSR count). The van der Waals surface area contributed by atoms with E-state index < -0.39 is 0 Å². The van der Waals surface area contributed by atoms with Gasteiger partial charge in [0, 0.05) is 49.0 Å². The standard InChI is InChI=1S/C22H24ClN3O3/c23-18-3-7-20(8-4-18)26-15-17(13-21(26)27)22(28)24-19-5-1-16(2-6-19)14-25-9-11-29-12-10-25/h1-8,17H,9-15H2,(H,24,28). The number of ether oxygens (including phenoxy) is 1. The molecule has 1 N–H and O–H groups in total. The van der Waals surface area contributed by atoms with E-state index in [9.17, 15) is 9.59 Å². The molecule has 2 saturated heterocycles. The zero-order chi connectivity index (χ0) is 20.2. The molecule has 0 spiro atoms. The van der Waals surface area contributed by atoms with Crippen molar-refractivity contribution in [2.24, 2.45) is 5.92 Å². The minimum absolute atomic E-state index is 0.0478. The number of hydrogen-bond acceptors (Lipinski definition) is 4. The summed E-state index contributed by atoms with van der Waals surface area (Å²) in [5.74, 6) is -0.546. The van der Waals surface area contributed by atoms with E-state index in [0.29, 0.717) is 11.6 Å². The molecule has 0 aromatic heterocycles. The lowest BCUT2D eigenvalue weighted by Gasteiger charge is -2.26. The number of hydrogen-bond donors (Lipinski definition) is 1.